The largest absolute Gasteiger partial charge is 0.336 e. The van der Waals surface area contributed by atoms with Crippen molar-refractivity contribution in [3.05, 3.63) is 70.1 Å². The third-order valence-electron chi connectivity index (χ3n) is 5.93. The van der Waals surface area contributed by atoms with Crippen LogP contribution in [0, 0.1) is 0 Å². The van der Waals surface area contributed by atoms with E-state index in [1.807, 2.05) is 60.4 Å². The van der Waals surface area contributed by atoms with Gasteiger partial charge in [0.15, 0.2) is 0 Å². The van der Waals surface area contributed by atoms with Crippen molar-refractivity contribution in [2.24, 2.45) is 0 Å². The highest BCUT2D eigenvalue weighted by atomic mass is 16.2. The monoisotopic (exact) mass is 392 g/mol. The van der Waals surface area contributed by atoms with Crippen molar-refractivity contribution in [3.63, 3.8) is 0 Å². The Labute approximate surface area is 170 Å². The zero-order valence-corrected chi connectivity index (χ0v) is 17.1. The molecule has 2 heterocycles. The minimum atomic E-state index is -0.156. The Bertz CT molecular complexity index is 1050. The summed E-state index contributed by atoms with van der Waals surface area (Å²) in [5.74, 6) is 0.0422. The molecule has 0 radical (unpaired) electrons. The molecule has 0 aliphatic carbocycles. The molecule has 4 rings (SSSR count). The summed E-state index contributed by atoms with van der Waals surface area (Å²) in [5.41, 5.74) is 3.06. The molecular weight excluding hydrogens is 364 g/mol. The van der Waals surface area contributed by atoms with E-state index in [0.29, 0.717) is 24.2 Å². The van der Waals surface area contributed by atoms with E-state index in [1.165, 1.54) is 0 Å². The Morgan fingerprint density at radius 1 is 1.14 bits per heavy atom. The fourth-order valence-electron chi connectivity index (χ4n) is 4.26. The molecule has 1 saturated heterocycles. The second kappa shape index (κ2) is 8.25. The maximum atomic E-state index is 13.2. The molecule has 1 aliphatic rings. The molecule has 1 aromatic heterocycles. The van der Waals surface area contributed by atoms with Gasteiger partial charge in [-0.15, -0.1) is 0 Å². The standard InChI is InChI=1S/C23H28N4O2/c1-3-26(19-11-13-25(2)14-12-19)22(28)18-9-10-21-20(15-18)24-23(29)27(21)16-17-7-5-4-6-8-17/h4-10,15,19H,3,11-14,16H2,1-2H3,(H,24,29). The lowest BCUT2D eigenvalue weighted by Gasteiger charge is -2.36. The number of imidazole rings is 1. The van der Waals surface area contributed by atoms with Gasteiger partial charge in [-0.3, -0.25) is 9.36 Å². The van der Waals surface area contributed by atoms with Crippen LogP contribution in [0.15, 0.2) is 53.3 Å². The first-order valence-corrected chi connectivity index (χ1v) is 10.3. The molecule has 3 aromatic rings. The first-order valence-electron chi connectivity index (χ1n) is 10.3. The van der Waals surface area contributed by atoms with E-state index in [2.05, 4.69) is 16.9 Å². The van der Waals surface area contributed by atoms with Crippen LogP contribution in [0.1, 0.15) is 35.7 Å². The molecule has 0 atom stereocenters. The molecule has 0 unspecified atom stereocenters. The van der Waals surface area contributed by atoms with Crippen LogP contribution in [0.4, 0.5) is 0 Å². The summed E-state index contributed by atoms with van der Waals surface area (Å²) in [6, 6.07) is 15.7. The van der Waals surface area contributed by atoms with Gasteiger partial charge in [-0.25, -0.2) is 4.79 Å². The zero-order chi connectivity index (χ0) is 20.4. The van der Waals surface area contributed by atoms with E-state index >= 15 is 0 Å². The number of piperidine rings is 1. The Morgan fingerprint density at radius 2 is 1.86 bits per heavy atom. The Kier molecular flexibility index (Phi) is 5.53. The molecule has 1 aliphatic heterocycles. The van der Waals surface area contributed by atoms with Gasteiger partial charge in [0.05, 0.1) is 17.6 Å². The number of rotatable bonds is 5. The number of nitrogens with one attached hydrogen (secondary N) is 1. The topological polar surface area (TPSA) is 61.3 Å². The van der Waals surface area contributed by atoms with Crippen molar-refractivity contribution in [2.45, 2.75) is 32.4 Å². The number of hydrogen-bond acceptors (Lipinski definition) is 3. The van der Waals surface area contributed by atoms with Crippen LogP contribution in [0.5, 0.6) is 0 Å². The number of H-pyrrole nitrogens is 1. The van der Waals surface area contributed by atoms with E-state index in [9.17, 15) is 9.59 Å². The summed E-state index contributed by atoms with van der Waals surface area (Å²) in [6.07, 6.45) is 2.01. The lowest BCUT2D eigenvalue weighted by atomic mass is 10.0. The van der Waals surface area contributed by atoms with Gasteiger partial charge in [-0.1, -0.05) is 30.3 Å². The Hall–Kier alpha value is -2.86. The van der Waals surface area contributed by atoms with Crippen LogP contribution >= 0.6 is 0 Å². The fourth-order valence-corrected chi connectivity index (χ4v) is 4.26. The molecule has 1 amide bonds. The van der Waals surface area contributed by atoms with Gasteiger partial charge < -0.3 is 14.8 Å². The first-order chi connectivity index (χ1) is 14.1. The maximum Gasteiger partial charge on any atom is 0.326 e. The number of carbonyl (C=O) groups excluding carboxylic acids is 1. The van der Waals surface area contributed by atoms with Crippen LogP contribution < -0.4 is 5.69 Å². The van der Waals surface area contributed by atoms with Crippen molar-refractivity contribution in [2.75, 3.05) is 26.7 Å². The zero-order valence-electron chi connectivity index (χ0n) is 17.1. The average Bonchev–Trinajstić information content (AvgIpc) is 3.05. The summed E-state index contributed by atoms with van der Waals surface area (Å²) in [6.45, 7) is 5.26. The number of fused-ring (bicyclic) bond motifs is 1. The summed E-state index contributed by atoms with van der Waals surface area (Å²) in [7, 11) is 2.12. The SMILES string of the molecule is CCN(C(=O)c1ccc2c(c1)[nH]c(=O)n2Cc1ccccc1)C1CCN(C)CC1. The van der Waals surface area contributed by atoms with Crippen LogP contribution in [0.25, 0.3) is 11.0 Å². The minimum Gasteiger partial charge on any atom is -0.336 e. The van der Waals surface area contributed by atoms with E-state index in [-0.39, 0.29) is 17.6 Å². The highest BCUT2D eigenvalue weighted by Crippen LogP contribution is 2.20. The van der Waals surface area contributed by atoms with E-state index < -0.39 is 0 Å². The molecule has 0 spiro atoms. The third kappa shape index (κ3) is 3.98. The predicted octanol–water partition coefficient (Wildman–Crippen LogP) is 2.93. The van der Waals surface area contributed by atoms with E-state index in [4.69, 9.17) is 0 Å². The number of aromatic nitrogens is 2. The highest BCUT2D eigenvalue weighted by Gasteiger charge is 2.26. The number of nitrogens with zero attached hydrogens (tertiary/aromatic N) is 3. The van der Waals surface area contributed by atoms with Gasteiger partial charge in [0.1, 0.15) is 0 Å². The maximum absolute atomic E-state index is 13.2. The van der Waals surface area contributed by atoms with Gasteiger partial charge >= 0.3 is 5.69 Å². The van der Waals surface area contributed by atoms with Crippen molar-refractivity contribution < 1.29 is 4.79 Å². The van der Waals surface area contributed by atoms with Crippen LogP contribution in [-0.4, -0.2) is 58.0 Å². The summed E-state index contributed by atoms with van der Waals surface area (Å²) >= 11 is 0. The van der Waals surface area contributed by atoms with Crippen LogP contribution in [-0.2, 0) is 6.54 Å². The first kappa shape index (κ1) is 19.5. The predicted molar refractivity (Wildman–Crippen MR) is 115 cm³/mol. The summed E-state index contributed by atoms with van der Waals surface area (Å²) < 4.78 is 1.72. The van der Waals surface area contributed by atoms with Crippen molar-refractivity contribution in [1.82, 2.24) is 19.4 Å². The molecule has 29 heavy (non-hydrogen) atoms. The summed E-state index contributed by atoms with van der Waals surface area (Å²) in [4.78, 5) is 32.9. The molecule has 152 valence electrons. The van der Waals surface area contributed by atoms with Gasteiger partial charge in [0.25, 0.3) is 5.91 Å². The highest BCUT2D eigenvalue weighted by molar-refractivity contribution is 5.97. The van der Waals surface area contributed by atoms with Crippen LogP contribution in [0.3, 0.4) is 0 Å². The Balaban J connectivity index is 1.60. The number of aromatic amines is 1. The Morgan fingerprint density at radius 3 is 2.55 bits per heavy atom. The normalized spacial score (nSPS) is 15.7. The lowest BCUT2D eigenvalue weighted by Crippen LogP contribution is -2.46. The van der Waals surface area contributed by atoms with E-state index in [0.717, 1.165) is 37.0 Å². The number of benzene rings is 2. The van der Waals surface area contributed by atoms with Gasteiger partial charge in [-0.05, 0) is 63.7 Å². The second-order valence-corrected chi connectivity index (χ2v) is 7.86. The number of amides is 1. The van der Waals surface area contributed by atoms with Crippen molar-refractivity contribution in [1.29, 1.82) is 0 Å². The minimum absolute atomic E-state index is 0.0422. The molecule has 6 heteroatoms. The number of hydrogen-bond donors (Lipinski definition) is 1. The molecule has 1 N–H and O–H groups in total. The molecule has 2 aromatic carbocycles. The van der Waals surface area contributed by atoms with Crippen molar-refractivity contribution >= 4 is 16.9 Å². The number of likely N-dealkylation sites (tertiary alicyclic amines) is 1. The molecule has 6 nitrogen and oxygen atoms in total. The van der Waals surface area contributed by atoms with Gasteiger partial charge in [-0.2, -0.15) is 0 Å². The lowest BCUT2D eigenvalue weighted by molar-refractivity contribution is 0.0606. The number of carbonyl (C=O) groups is 1. The average molecular weight is 393 g/mol. The van der Waals surface area contributed by atoms with Crippen molar-refractivity contribution in [3.8, 4) is 0 Å². The van der Waals surface area contributed by atoms with E-state index in [1.54, 1.807) is 4.57 Å². The quantitative estimate of drug-likeness (QED) is 0.726. The molecule has 0 saturated carbocycles. The molecule has 0 bridgehead atoms. The fraction of sp³-hybridized carbons (Fsp3) is 0.391. The summed E-state index contributed by atoms with van der Waals surface area (Å²) in [5, 5.41) is 0. The smallest absolute Gasteiger partial charge is 0.326 e. The van der Waals surface area contributed by atoms with Crippen LogP contribution in [0.2, 0.25) is 0 Å². The van der Waals surface area contributed by atoms with Gasteiger partial charge in [0, 0.05) is 18.2 Å². The van der Waals surface area contributed by atoms with Gasteiger partial charge in [0.2, 0.25) is 0 Å². The third-order valence-corrected chi connectivity index (χ3v) is 5.93. The molecule has 1 fully saturated rings. The molecular formula is C23H28N4O2. The second-order valence-electron chi connectivity index (χ2n) is 7.86.